The third-order valence-corrected chi connectivity index (χ3v) is 5.76. The van der Waals surface area contributed by atoms with E-state index in [0.29, 0.717) is 24.3 Å². The predicted molar refractivity (Wildman–Crippen MR) is 85.7 cm³/mol. The molecule has 4 heterocycles. The number of β-lactam (4-membered cyclic amide) rings is 1. The average Bonchev–Trinajstić information content (AvgIpc) is 3.02. The standard InChI is InChI=1S/C16H14N4O4S/c21-9-17-12-14(22)20-13(16(23)24)10(8-25-15(12)20)7-19-6-5-18-4-2-1-3-11(18)19/h1-6,9,12,15H,7-8H2,(H-,17,21,23,24)/t12-,15+/m1/s1. The van der Waals surface area contributed by atoms with Gasteiger partial charge in [0.2, 0.25) is 6.41 Å². The summed E-state index contributed by atoms with van der Waals surface area (Å²) in [5.74, 6) is -1.35. The summed E-state index contributed by atoms with van der Waals surface area (Å²) < 4.78 is 3.85. The van der Waals surface area contributed by atoms with E-state index < -0.39 is 23.3 Å². The number of hydrogen-bond donors (Lipinski definition) is 1. The van der Waals surface area contributed by atoms with E-state index in [1.807, 2.05) is 45.8 Å². The number of amides is 2. The number of carboxylic acid groups (broad SMARTS) is 1. The summed E-state index contributed by atoms with van der Waals surface area (Å²) in [5, 5.41) is 13.7. The number of carbonyl (C=O) groups excluding carboxylic acids is 3. The van der Waals surface area contributed by atoms with Crippen molar-refractivity contribution in [1.82, 2.24) is 14.6 Å². The highest BCUT2D eigenvalue weighted by atomic mass is 32.2. The Kier molecular flexibility index (Phi) is 3.72. The minimum atomic E-state index is -1.37. The highest BCUT2D eigenvalue weighted by Gasteiger charge is 2.52. The second-order valence-electron chi connectivity index (χ2n) is 5.80. The van der Waals surface area contributed by atoms with Crippen LogP contribution >= 0.6 is 11.8 Å². The zero-order chi connectivity index (χ0) is 17.6. The zero-order valence-corrected chi connectivity index (χ0v) is 13.8. The lowest BCUT2D eigenvalue weighted by Gasteiger charge is -2.50. The Bertz CT molecular complexity index is 922. The zero-order valence-electron chi connectivity index (χ0n) is 13.0. The van der Waals surface area contributed by atoms with Crippen LogP contribution in [0.1, 0.15) is 0 Å². The fourth-order valence-electron chi connectivity index (χ4n) is 3.27. The van der Waals surface area contributed by atoms with Gasteiger partial charge in [0.25, 0.3) is 11.6 Å². The summed E-state index contributed by atoms with van der Waals surface area (Å²) in [5.41, 5.74) is 1.44. The number of aliphatic carboxylic acids is 1. The molecule has 1 fully saturated rings. The van der Waals surface area contributed by atoms with Crippen molar-refractivity contribution in [3.05, 3.63) is 48.1 Å². The number of aromatic nitrogens is 2. The van der Waals surface area contributed by atoms with E-state index in [0.717, 1.165) is 5.65 Å². The van der Waals surface area contributed by atoms with Gasteiger partial charge in [-0.3, -0.25) is 14.5 Å². The summed E-state index contributed by atoms with van der Waals surface area (Å²) in [6.07, 6.45) is 6.11. The van der Waals surface area contributed by atoms with Gasteiger partial charge >= 0.3 is 0 Å². The first-order chi connectivity index (χ1) is 12.1. The molecule has 0 bridgehead atoms. The van der Waals surface area contributed by atoms with Crippen molar-refractivity contribution in [2.75, 3.05) is 5.75 Å². The summed E-state index contributed by atoms with van der Waals surface area (Å²) in [4.78, 5) is 35.7. The second kappa shape index (κ2) is 5.92. The molecule has 2 aliphatic rings. The molecule has 0 aliphatic carbocycles. The van der Waals surface area contributed by atoms with Gasteiger partial charge in [-0.25, -0.2) is 8.97 Å². The first-order valence-corrected chi connectivity index (χ1v) is 8.69. The fraction of sp³-hybridized carbons (Fsp3) is 0.250. The van der Waals surface area contributed by atoms with Crippen LogP contribution in [0, 0.1) is 0 Å². The number of hydrogen-bond acceptors (Lipinski definition) is 5. The first-order valence-electron chi connectivity index (χ1n) is 7.64. The molecule has 0 spiro atoms. The van der Waals surface area contributed by atoms with Crippen LogP contribution in [0.2, 0.25) is 0 Å². The maximum absolute atomic E-state index is 12.2. The van der Waals surface area contributed by atoms with Crippen molar-refractivity contribution < 1.29 is 24.1 Å². The fourth-order valence-corrected chi connectivity index (χ4v) is 4.62. The van der Waals surface area contributed by atoms with Crippen LogP contribution in [0.4, 0.5) is 0 Å². The van der Waals surface area contributed by atoms with Crippen molar-refractivity contribution in [3.63, 3.8) is 0 Å². The van der Waals surface area contributed by atoms with E-state index in [9.17, 15) is 19.5 Å². The Hall–Kier alpha value is -2.81. The van der Waals surface area contributed by atoms with E-state index in [1.165, 1.54) is 16.7 Å². The average molecular weight is 358 g/mol. The lowest BCUT2D eigenvalue weighted by atomic mass is 10.0. The van der Waals surface area contributed by atoms with E-state index in [1.54, 1.807) is 0 Å². The highest BCUT2D eigenvalue weighted by molar-refractivity contribution is 8.00. The molecule has 2 atom stereocenters. The number of nitrogens with zero attached hydrogens (tertiary/aromatic N) is 3. The molecule has 4 rings (SSSR count). The van der Waals surface area contributed by atoms with Crippen LogP contribution < -0.4 is 15.0 Å². The summed E-state index contributed by atoms with van der Waals surface area (Å²) in [6, 6.07) is 5.06. The van der Waals surface area contributed by atoms with E-state index in [4.69, 9.17) is 0 Å². The molecule has 2 amide bonds. The molecule has 2 aliphatic heterocycles. The summed E-state index contributed by atoms with van der Waals surface area (Å²) in [7, 11) is 0. The van der Waals surface area contributed by atoms with Gasteiger partial charge < -0.3 is 15.2 Å². The minimum absolute atomic E-state index is 0.0829. The second-order valence-corrected chi connectivity index (χ2v) is 6.91. The number of fused-ring (bicyclic) bond motifs is 2. The van der Waals surface area contributed by atoms with Crippen molar-refractivity contribution in [2.45, 2.75) is 18.0 Å². The molecule has 2 aromatic rings. The molecule has 9 heteroatoms. The van der Waals surface area contributed by atoms with E-state index >= 15 is 0 Å². The van der Waals surface area contributed by atoms with E-state index in [-0.39, 0.29) is 5.70 Å². The van der Waals surface area contributed by atoms with Crippen LogP contribution in [0.3, 0.4) is 0 Å². The van der Waals surface area contributed by atoms with Crippen molar-refractivity contribution in [1.29, 1.82) is 0 Å². The van der Waals surface area contributed by atoms with Crippen molar-refractivity contribution >= 4 is 35.7 Å². The number of rotatable bonds is 5. The Morgan fingerprint density at radius 2 is 2.28 bits per heavy atom. The number of carboxylic acids is 1. The molecule has 0 saturated carbocycles. The molecule has 0 aromatic carbocycles. The molecule has 128 valence electrons. The molecular weight excluding hydrogens is 344 g/mol. The van der Waals surface area contributed by atoms with E-state index in [2.05, 4.69) is 5.32 Å². The third-order valence-electron chi connectivity index (χ3n) is 4.42. The van der Waals surface area contributed by atoms with Gasteiger partial charge in [0.05, 0.1) is 17.9 Å². The van der Waals surface area contributed by atoms with Crippen LogP contribution in [-0.2, 0) is 20.9 Å². The van der Waals surface area contributed by atoms with Crippen LogP contribution in [0.25, 0.3) is 5.65 Å². The normalized spacial score (nSPS) is 22.6. The van der Waals surface area contributed by atoms with Gasteiger partial charge in [-0.1, -0.05) is 6.07 Å². The molecule has 8 nitrogen and oxygen atoms in total. The molecule has 1 N–H and O–H groups in total. The number of nitrogens with one attached hydrogen (secondary N) is 1. The Morgan fingerprint density at radius 1 is 1.44 bits per heavy atom. The monoisotopic (exact) mass is 358 g/mol. The maximum Gasteiger partial charge on any atom is 0.286 e. The topological polar surface area (TPSA) is 97.8 Å². The Morgan fingerprint density at radius 3 is 3.04 bits per heavy atom. The SMILES string of the molecule is O=CN[C@@H]1C(=O)N2C(C(=O)[O-])=C(C[n+]3ccn4ccccc43)CS[C@@H]12. The lowest BCUT2D eigenvalue weighted by Crippen LogP contribution is -2.70. The Labute approximate surface area is 146 Å². The first kappa shape index (κ1) is 15.7. The van der Waals surface area contributed by atoms with Gasteiger partial charge in [-0.15, -0.1) is 11.8 Å². The minimum Gasteiger partial charge on any atom is -0.543 e. The number of imidazole rings is 1. The molecule has 25 heavy (non-hydrogen) atoms. The molecule has 0 radical (unpaired) electrons. The van der Waals surface area contributed by atoms with Gasteiger partial charge in [0, 0.05) is 17.4 Å². The van der Waals surface area contributed by atoms with Crippen molar-refractivity contribution in [3.8, 4) is 0 Å². The van der Waals surface area contributed by atoms with Crippen LogP contribution in [0.5, 0.6) is 0 Å². The molecular formula is C16H14N4O4S. The largest absolute Gasteiger partial charge is 0.543 e. The number of pyridine rings is 1. The summed E-state index contributed by atoms with van der Waals surface area (Å²) >= 11 is 1.44. The van der Waals surface area contributed by atoms with Gasteiger partial charge in [-0.2, -0.15) is 0 Å². The van der Waals surface area contributed by atoms with Crippen molar-refractivity contribution in [2.24, 2.45) is 0 Å². The van der Waals surface area contributed by atoms with Gasteiger partial charge in [0.15, 0.2) is 0 Å². The lowest BCUT2D eigenvalue weighted by molar-refractivity contribution is -0.662. The third kappa shape index (κ3) is 2.39. The number of carbonyl (C=O) groups is 3. The Balaban J connectivity index is 1.69. The van der Waals surface area contributed by atoms with Crippen LogP contribution in [0.15, 0.2) is 48.1 Å². The van der Waals surface area contributed by atoms with Crippen LogP contribution in [-0.4, -0.2) is 44.8 Å². The smallest absolute Gasteiger partial charge is 0.286 e. The van der Waals surface area contributed by atoms with Gasteiger partial charge in [-0.05, 0) is 6.07 Å². The number of thioether (sulfide) groups is 1. The molecule has 0 unspecified atom stereocenters. The summed E-state index contributed by atoms with van der Waals surface area (Å²) in [6.45, 7) is 0.346. The van der Waals surface area contributed by atoms with Gasteiger partial charge in [0.1, 0.15) is 30.4 Å². The quantitative estimate of drug-likeness (QED) is 0.389. The molecule has 2 aromatic heterocycles. The maximum atomic E-state index is 12.2. The molecule has 1 saturated heterocycles. The highest BCUT2D eigenvalue weighted by Crippen LogP contribution is 2.39. The predicted octanol–water partition coefficient (Wildman–Crippen LogP) is -1.74.